The van der Waals surface area contributed by atoms with E-state index in [1.165, 1.54) is 22.8 Å². The molecule has 0 radical (unpaired) electrons. The third kappa shape index (κ3) is 1.61. The molecule has 0 aromatic carbocycles. The maximum atomic E-state index is 4.54. The molecule has 1 aliphatic rings. The van der Waals surface area contributed by atoms with Crippen LogP contribution >= 0.6 is 23.5 Å². The van der Waals surface area contributed by atoms with Crippen molar-refractivity contribution in [2.24, 2.45) is 0 Å². The van der Waals surface area contributed by atoms with Crippen LogP contribution in [0.5, 0.6) is 0 Å². The Kier molecular flexibility index (Phi) is 2.32. The first-order valence-electron chi connectivity index (χ1n) is 4.80. The Morgan fingerprint density at radius 2 is 2.40 bits per heavy atom. The Hall–Kier alpha value is -0.750. The molecule has 4 nitrogen and oxygen atoms in total. The van der Waals surface area contributed by atoms with Crippen molar-refractivity contribution in [2.45, 2.75) is 22.9 Å². The smallest absolute Gasteiger partial charge is 0.215 e. The van der Waals surface area contributed by atoms with Gasteiger partial charge in [-0.15, -0.1) is 16.9 Å². The van der Waals surface area contributed by atoms with Crippen LogP contribution in [0.1, 0.15) is 12.1 Å². The molecule has 0 aliphatic carbocycles. The van der Waals surface area contributed by atoms with E-state index in [0.717, 1.165) is 17.4 Å². The summed E-state index contributed by atoms with van der Waals surface area (Å²) in [5, 5.41) is 5.12. The van der Waals surface area contributed by atoms with Crippen molar-refractivity contribution < 1.29 is 0 Å². The summed E-state index contributed by atoms with van der Waals surface area (Å²) >= 11 is 3.41. The molecular weight excluding hydrogens is 228 g/mol. The van der Waals surface area contributed by atoms with Crippen molar-refractivity contribution in [1.29, 1.82) is 0 Å². The fourth-order valence-electron chi connectivity index (χ4n) is 1.63. The van der Waals surface area contributed by atoms with E-state index in [0.29, 0.717) is 0 Å². The van der Waals surface area contributed by atoms with E-state index in [4.69, 9.17) is 0 Å². The van der Waals surface area contributed by atoms with Crippen molar-refractivity contribution in [3.05, 3.63) is 11.9 Å². The standard InChI is InChI=1S/C9H10N4S2/c1-14-9-11-8-10-6-3-2-4-15-7(6)5-13(8)12-9/h5H,2-4H2,1H3. The highest BCUT2D eigenvalue weighted by Gasteiger charge is 2.14. The van der Waals surface area contributed by atoms with E-state index < -0.39 is 0 Å². The number of thioether (sulfide) groups is 2. The fourth-order valence-corrected chi connectivity index (χ4v) is 2.97. The minimum atomic E-state index is 0.723. The quantitative estimate of drug-likeness (QED) is 0.710. The number of aryl methyl sites for hydroxylation is 1. The normalized spacial score (nSPS) is 15.5. The fraction of sp³-hybridized carbons (Fsp3) is 0.444. The second kappa shape index (κ2) is 3.68. The van der Waals surface area contributed by atoms with Crippen LogP contribution in [0, 0.1) is 0 Å². The molecule has 1 aliphatic heterocycles. The van der Waals surface area contributed by atoms with Gasteiger partial charge >= 0.3 is 0 Å². The average Bonchev–Trinajstić information content (AvgIpc) is 2.67. The van der Waals surface area contributed by atoms with Gasteiger partial charge in [0.1, 0.15) is 0 Å². The number of rotatable bonds is 1. The maximum absolute atomic E-state index is 4.54. The van der Waals surface area contributed by atoms with Crippen LogP contribution in [0.4, 0.5) is 0 Å². The summed E-state index contributed by atoms with van der Waals surface area (Å²) in [5.74, 6) is 1.91. The molecule has 3 rings (SSSR count). The number of fused-ring (bicyclic) bond motifs is 2. The van der Waals surface area contributed by atoms with Crippen LogP contribution in [0.2, 0.25) is 0 Å². The molecule has 0 saturated heterocycles. The molecule has 2 aromatic rings. The van der Waals surface area contributed by atoms with Gasteiger partial charge in [0.2, 0.25) is 5.16 Å². The Labute approximate surface area is 95.9 Å². The zero-order valence-corrected chi connectivity index (χ0v) is 9.94. The van der Waals surface area contributed by atoms with Gasteiger partial charge in [-0.1, -0.05) is 11.8 Å². The number of hydrogen-bond donors (Lipinski definition) is 0. The van der Waals surface area contributed by atoms with E-state index >= 15 is 0 Å². The first-order chi connectivity index (χ1) is 7.36. The lowest BCUT2D eigenvalue weighted by Crippen LogP contribution is -2.04. The molecule has 0 saturated carbocycles. The molecule has 0 atom stereocenters. The van der Waals surface area contributed by atoms with Gasteiger partial charge in [0.25, 0.3) is 5.78 Å². The molecule has 0 N–H and O–H groups in total. The molecule has 15 heavy (non-hydrogen) atoms. The monoisotopic (exact) mass is 238 g/mol. The third-order valence-electron chi connectivity index (χ3n) is 2.35. The van der Waals surface area contributed by atoms with Gasteiger partial charge in [-0.2, -0.15) is 4.98 Å². The van der Waals surface area contributed by atoms with Crippen LogP contribution < -0.4 is 0 Å². The van der Waals surface area contributed by atoms with Gasteiger partial charge in [-0.3, -0.25) is 0 Å². The zero-order chi connectivity index (χ0) is 10.3. The number of aromatic nitrogens is 4. The van der Waals surface area contributed by atoms with Gasteiger partial charge in [0, 0.05) is 11.1 Å². The Balaban J connectivity index is 2.19. The van der Waals surface area contributed by atoms with Crippen molar-refractivity contribution in [3.8, 4) is 0 Å². The Bertz CT molecular complexity index is 465. The van der Waals surface area contributed by atoms with Crippen LogP contribution in [-0.4, -0.2) is 31.6 Å². The zero-order valence-electron chi connectivity index (χ0n) is 8.30. The molecule has 0 unspecified atom stereocenters. The molecule has 78 valence electrons. The highest BCUT2D eigenvalue weighted by molar-refractivity contribution is 7.99. The predicted molar refractivity (Wildman–Crippen MR) is 61.6 cm³/mol. The van der Waals surface area contributed by atoms with Crippen molar-refractivity contribution in [1.82, 2.24) is 19.6 Å². The van der Waals surface area contributed by atoms with Crippen LogP contribution in [-0.2, 0) is 6.42 Å². The van der Waals surface area contributed by atoms with Gasteiger partial charge in [0.05, 0.1) is 5.69 Å². The highest BCUT2D eigenvalue weighted by atomic mass is 32.2. The molecular formula is C9H10N4S2. The summed E-state index contributed by atoms with van der Waals surface area (Å²) in [5.41, 5.74) is 1.18. The summed E-state index contributed by atoms with van der Waals surface area (Å²) in [7, 11) is 0. The lowest BCUT2D eigenvalue weighted by molar-refractivity contribution is 0.800. The minimum Gasteiger partial charge on any atom is -0.215 e. The molecule has 2 aromatic heterocycles. The summed E-state index contributed by atoms with van der Waals surface area (Å²) in [4.78, 5) is 10.1. The SMILES string of the molecule is CSc1nc2nc3c(cn2n1)SCCC3. The lowest BCUT2D eigenvalue weighted by atomic mass is 10.2. The number of hydrogen-bond acceptors (Lipinski definition) is 5. The minimum absolute atomic E-state index is 0.723. The maximum Gasteiger partial charge on any atom is 0.253 e. The third-order valence-corrected chi connectivity index (χ3v) is 4.03. The summed E-state index contributed by atoms with van der Waals surface area (Å²) < 4.78 is 1.78. The van der Waals surface area contributed by atoms with E-state index in [9.17, 15) is 0 Å². The molecule has 0 spiro atoms. The Morgan fingerprint density at radius 1 is 1.47 bits per heavy atom. The van der Waals surface area contributed by atoms with Crippen molar-refractivity contribution in [2.75, 3.05) is 12.0 Å². The summed E-state index contributed by atoms with van der Waals surface area (Å²) in [6.07, 6.45) is 6.31. The van der Waals surface area contributed by atoms with E-state index in [1.54, 1.807) is 16.3 Å². The molecule has 0 bridgehead atoms. The van der Waals surface area contributed by atoms with Crippen molar-refractivity contribution in [3.63, 3.8) is 0 Å². The number of nitrogens with zero attached hydrogens (tertiary/aromatic N) is 4. The topological polar surface area (TPSA) is 43.1 Å². The van der Waals surface area contributed by atoms with Gasteiger partial charge < -0.3 is 0 Å². The van der Waals surface area contributed by atoms with Crippen LogP contribution in [0.3, 0.4) is 0 Å². The van der Waals surface area contributed by atoms with Crippen LogP contribution in [0.15, 0.2) is 16.2 Å². The molecule has 6 heteroatoms. The highest BCUT2D eigenvalue weighted by Crippen LogP contribution is 2.28. The average molecular weight is 238 g/mol. The van der Waals surface area contributed by atoms with E-state index in [1.807, 2.05) is 24.2 Å². The Morgan fingerprint density at radius 3 is 3.27 bits per heavy atom. The summed E-state index contributed by atoms with van der Waals surface area (Å²) in [6, 6.07) is 0. The second-order valence-electron chi connectivity index (χ2n) is 3.35. The van der Waals surface area contributed by atoms with E-state index in [-0.39, 0.29) is 0 Å². The molecule has 0 fully saturated rings. The molecule has 3 heterocycles. The van der Waals surface area contributed by atoms with Gasteiger partial charge in [-0.25, -0.2) is 9.50 Å². The predicted octanol–water partition coefficient (Wildman–Crippen LogP) is 1.88. The van der Waals surface area contributed by atoms with E-state index in [2.05, 4.69) is 15.1 Å². The lowest BCUT2D eigenvalue weighted by Gasteiger charge is -2.12. The van der Waals surface area contributed by atoms with Crippen LogP contribution in [0.25, 0.3) is 5.78 Å². The molecule has 0 amide bonds. The van der Waals surface area contributed by atoms with Crippen molar-refractivity contribution >= 4 is 29.3 Å². The van der Waals surface area contributed by atoms with Gasteiger partial charge in [-0.05, 0) is 24.9 Å². The first kappa shape index (κ1) is 9.47. The largest absolute Gasteiger partial charge is 0.253 e. The van der Waals surface area contributed by atoms with Gasteiger partial charge in [0.15, 0.2) is 0 Å². The summed E-state index contributed by atoms with van der Waals surface area (Å²) in [6.45, 7) is 0. The second-order valence-corrected chi connectivity index (χ2v) is 5.26. The first-order valence-corrected chi connectivity index (χ1v) is 7.01.